The molecule has 0 amide bonds. The first kappa shape index (κ1) is 15.0. The normalized spacial score (nSPS) is 11.8. The number of nitrogens with zero attached hydrogens (tertiary/aromatic N) is 1. The minimum Gasteiger partial charge on any atom is -0.458 e. The molecular formula is C9H18ClNO2. The van der Waals surface area contributed by atoms with Crippen molar-refractivity contribution in [3.8, 4) is 0 Å². The van der Waals surface area contributed by atoms with Gasteiger partial charge in [0.05, 0.1) is 0 Å². The fourth-order valence-electron chi connectivity index (χ4n) is 0.835. The molecule has 0 rings (SSSR count). The summed E-state index contributed by atoms with van der Waals surface area (Å²) in [6.45, 7) is 7.74. The molecule has 1 unspecified atom stereocenters. The molecule has 0 spiro atoms. The Bertz CT molecular complexity index is 180. The SMILES string of the molecule is C=C(C)C(=O)OC(C)CN(C)C.Cl. The van der Waals surface area contributed by atoms with Crippen molar-refractivity contribution in [1.82, 2.24) is 4.90 Å². The van der Waals surface area contributed by atoms with Gasteiger partial charge in [0.15, 0.2) is 0 Å². The number of carbonyl (C=O) groups is 1. The molecule has 0 aromatic rings. The zero-order valence-corrected chi connectivity index (χ0v) is 9.48. The highest BCUT2D eigenvalue weighted by molar-refractivity contribution is 5.87. The zero-order valence-electron chi connectivity index (χ0n) is 8.66. The third kappa shape index (κ3) is 7.81. The number of rotatable bonds is 4. The zero-order chi connectivity index (χ0) is 9.72. The van der Waals surface area contributed by atoms with E-state index in [1.807, 2.05) is 25.9 Å². The molecule has 0 aromatic heterocycles. The Morgan fingerprint density at radius 1 is 1.54 bits per heavy atom. The van der Waals surface area contributed by atoms with Gasteiger partial charge in [0.25, 0.3) is 0 Å². The quantitative estimate of drug-likeness (QED) is 0.517. The van der Waals surface area contributed by atoms with Crippen LogP contribution in [0.4, 0.5) is 0 Å². The van der Waals surface area contributed by atoms with Crippen LogP contribution in [0.3, 0.4) is 0 Å². The average molecular weight is 208 g/mol. The van der Waals surface area contributed by atoms with Crippen LogP contribution in [-0.4, -0.2) is 37.6 Å². The molecule has 1 atom stereocenters. The van der Waals surface area contributed by atoms with Gasteiger partial charge in [-0.3, -0.25) is 0 Å². The molecule has 0 fully saturated rings. The Morgan fingerprint density at radius 3 is 2.31 bits per heavy atom. The lowest BCUT2D eigenvalue weighted by Gasteiger charge is -2.17. The molecule has 4 heteroatoms. The minimum atomic E-state index is -0.315. The summed E-state index contributed by atoms with van der Waals surface area (Å²) in [5.74, 6) is -0.315. The molecule has 0 bridgehead atoms. The van der Waals surface area contributed by atoms with Crippen molar-refractivity contribution in [2.24, 2.45) is 0 Å². The number of likely N-dealkylation sites (N-methyl/N-ethyl adjacent to an activating group) is 1. The van der Waals surface area contributed by atoms with Crippen LogP contribution in [0, 0.1) is 0 Å². The second-order valence-electron chi connectivity index (χ2n) is 3.26. The Hall–Kier alpha value is -0.540. The van der Waals surface area contributed by atoms with Crippen LogP contribution in [0.5, 0.6) is 0 Å². The first-order valence-corrected chi connectivity index (χ1v) is 3.94. The van der Waals surface area contributed by atoms with Gasteiger partial charge >= 0.3 is 5.97 Å². The third-order valence-corrected chi connectivity index (χ3v) is 1.28. The van der Waals surface area contributed by atoms with Gasteiger partial charge in [-0.25, -0.2) is 4.79 Å². The van der Waals surface area contributed by atoms with E-state index in [0.717, 1.165) is 6.54 Å². The molecule has 0 aromatic carbocycles. The third-order valence-electron chi connectivity index (χ3n) is 1.28. The molecule has 0 radical (unpaired) electrons. The van der Waals surface area contributed by atoms with E-state index >= 15 is 0 Å². The van der Waals surface area contributed by atoms with Gasteiger partial charge in [0.1, 0.15) is 6.10 Å². The van der Waals surface area contributed by atoms with Crippen molar-refractivity contribution in [3.05, 3.63) is 12.2 Å². The topological polar surface area (TPSA) is 29.5 Å². The molecule has 13 heavy (non-hydrogen) atoms. The van der Waals surface area contributed by atoms with E-state index in [2.05, 4.69) is 6.58 Å². The van der Waals surface area contributed by atoms with Crippen molar-refractivity contribution in [2.75, 3.05) is 20.6 Å². The molecule has 0 aliphatic carbocycles. The van der Waals surface area contributed by atoms with E-state index in [-0.39, 0.29) is 24.5 Å². The van der Waals surface area contributed by atoms with Gasteiger partial charge < -0.3 is 9.64 Å². The second-order valence-corrected chi connectivity index (χ2v) is 3.26. The van der Waals surface area contributed by atoms with E-state index in [0.29, 0.717) is 5.57 Å². The van der Waals surface area contributed by atoms with Crippen LogP contribution in [-0.2, 0) is 9.53 Å². The Morgan fingerprint density at radius 2 is 2.00 bits per heavy atom. The number of esters is 1. The van der Waals surface area contributed by atoms with Gasteiger partial charge in [-0.1, -0.05) is 6.58 Å². The summed E-state index contributed by atoms with van der Waals surface area (Å²) < 4.78 is 5.04. The monoisotopic (exact) mass is 207 g/mol. The largest absolute Gasteiger partial charge is 0.458 e. The fraction of sp³-hybridized carbons (Fsp3) is 0.667. The van der Waals surface area contributed by atoms with Crippen LogP contribution >= 0.6 is 12.4 Å². The Kier molecular flexibility index (Phi) is 7.96. The maximum absolute atomic E-state index is 11.0. The summed E-state index contributed by atoms with van der Waals surface area (Å²) in [5.41, 5.74) is 0.445. The van der Waals surface area contributed by atoms with E-state index in [1.165, 1.54) is 0 Å². The highest BCUT2D eigenvalue weighted by Gasteiger charge is 2.09. The standard InChI is InChI=1S/C9H17NO2.ClH/c1-7(2)9(11)12-8(3)6-10(4)5;/h8H,1,6H2,2-5H3;1H. The fourth-order valence-corrected chi connectivity index (χ4v) is 0.835. The average Bonchev–Trinajstić information content (AvgIpc) is 1.84. The first-order valence-electron chi connectivity index (χ1n) is 3.94. The van der Waals surface area contributed by atoms with Gasteiger partial charge in [0, 0.05) is 12.1 Å². The van der Waals surface area contributed by atoms with E-state index in [9.17, 15) is 4.79 Å². The predicted molar refractivity (Wildman–Crippen MR) is 56.2 cm³/mol. The van der Waals surface area contributed by atoms with Crippen LogP contribution < -0.4 is 0 Å². The minimum absolute atomic E-state index is 0. The highest BCUT2D eigenvalue weighted by atomic mass is 35.5. The van der Waals surface area contributed by atoms with Gasteiger partial charge in [-0.15, -0.1) is 12.4 Å². The molecule has 0 N–H and O–H groups in total. The van der Waals surface area contributed by atoms with Crippen molar-refractivity contribution in [1.29, 1.82) is 0 Å². The summed E-state index contributed by atoms with van der Waals surface area (Å²) >= 11 is 0. The van der Waals surface area contributed by atoms with Crippen LogP contribution in [0.15, 0.2) is 12.2 Å². The summed E-state index contributed by atoms with van der Waals surface area (Å²) in [7, 11) is 3.87. The molecule has 0 aliphatic heterocycles. The van der Waals surface area contributed by atoms with Crippen LogP contribution in [0.25, 0.3) is 0 Å². The maximum Gasteiger partial charge on any atom is 0.333 e. The molecule has 3 nitrogen and oxygen atoms in total. The van der Waals surface area contributed by atoms with Crippen molar-refractivity contribution >= 4 is 18.4 Å². The molecule has 78 valence electrons. The van der Waals surface area contributed by atoms with Crippen molar-refractivity contribution < 1.29 is 9.53 Å². The number of carbonyl (C=O) groups excluding carboxylic acids is 1. The van der Waals surface area contributed by atoms with Crippen molar-refractivity contribution in [2.45, 2.75) is 20.0 Å². The van der Waals surface area contributed by atoms with Crippen LogP contribution in [0.1, 0.15) is 13.8 Å². The lowest BCUT2D eigenvalue weighted by molar-refractivity contribution is -0.143. The van der Waals surface area contributed by atoms with E-state index in [1.54, 1.807) is 6.92 Å². The number of hydrogen-bond acceptors (Lipinski definition) is 3. The van der Waals surface area contributed by atoms with Gasteiger partial charge in [0.2, 0.25) is 0 Å². The van der Waals surface area contributed by atoms with E-state index < -0.39 is 0 Å². The lowest BCUT2D eigenvalue weighted by atomic mass is 10.3. The Labute approximate surface area is 86.2 Å². The Balaban J connectivity index is 0. The second kappa shape index (κ2) is 6.92. The summed E-state index contributed by atoms with van der Waals surface area (Å²) in [6, 6.07) is 0. The van der Waals surface area contributed by atoms with Gasteiger partial charge in [-0.2, -0.15) is 0 Å². The lowest BCUT2D eigenvalue weighted by Crippen LogP contribution is -2.28. The maximum atomic E-state index is 11.0. The van der Waals surface area contributed by atoms with Crippen LogP contribution in [0.2, 0.25) is 0 Å². The number of halogens is 1. The molecule has 0 aliphatic rings. The summed E-state index contributed by atoms with van der Waals surface area (Å²) in [4.78, 5) is 13.0. The molecule has 0 saturated heterocycles. The molecule has 0 heterocycles. The summed E-state index contributed by atoms with van der Waals surface area (Å²) in [6.07, 6.45) is -0.0794. The molecule has 0 saturated carbocycles. The smallest absolute Gasteiger partial charge is 0.333 e. The van der Waals surface area contributed by atoms with Crippen molar-refractivity contribution in [3.63, 3.8) is 0 Å². The first-order chi connectivity index (χ1) is 5.43. The molecular weight excluding hydrogens is 190 g/mol. The van der Waals surface area contributed by atoms with Gasteiger partial charge in [-0.05, 0) is 27.9 Å². The highest BCUT2D eigenvalue weighted by Crippen LogP contribution is 1.98. The van der Waals surface area contributed by atoms with E-state index in [4.69, 9.17) is 4.74 Å². The number of ether oxygens (including phenoxy) is 1. The number of hydrogen-bond donors (Lipinski definition) is 0. The predicted octanol–water partition coefficient (Wildman–Crippen LogP) is 1.48. The summed E-state index contributed by atoms with van der Waals surface area (Å²) in [5, 5.41) is 0.